The van der Waals surface area contributed by atoms with E-state index in [2.05, 4.69) is 5.32 Å². The molecule has 4 nitrogen and oxygen atoms in total. The Labute approximate surface area is 193 Å². The van der Waals surface area contributed by atoms with E-state index >= 15 is 0 Å². The number of anilines is 1. The van der Waals surface area contributed by atoms with Gasteiger partial charge in [-0.2, -0.15) is 12.6 Å². The maximum absolute atomic E-state index is 12.5. The van der Waals surface area contributed by atoms with Crippen LogP contribution in [0.25, 0.3) is 0 Å². The van der Waals surface area contributed by atoms with Crippen molar-refractivity contribution in [2.24, 2.45) is 0 Å². The Morgan fingerprint density at radius 2 is 1.25 bits per heavy atom. The minimum atomic E-state index is -0.167. The van der Waals surface area contributed by atoms with Crippen LogP contribution in [0.4, 0.5) is 5.69 Å². The molecular weight excluding hydrogens is 418 g/mol. The van der Waals surface area contributed by atoms with Gasteiger partial charge in [0.2, 0.25) is 0 Å². The molecule has 4 rings (SSSR count). The zero-order valence-corrected chi connectivity index (χ0v) is 18.5. The van der Waals surface area contributed by atoms with Gasteiger partial charge in [-0.1, -0.05) is 42.5 Å². The second kappa shape index (κ2) is 10.1. The van der Waals surface area contributed by atoms with Gasteiger partial charge >= 0.3 is 0 Å². The topological polar surface area (TPSA) is 47.6 Å². The number of methoxy groups -OCH3 is 1. The summed E-state index contributed by atoms with van der Waals surface area (Å²) in [6, 6.07) is 32.2. The van der Waals surface area contributed by atoms with Crippen LogP contribution in [0.15, 0.2) is 103 Å². The SMILES string of the molecule is COc1ccc(NC(=O)c2ccc(C(S)c3ccc(Oc4ccccc4)cc3)cc2)cc1. The van der Waals surface area contributed by atoms with Crippen molar-refractivity contribution in [1.29, 1.82) is 0 Å². The fourth-order valence-corrected chi connectivity index (χ4v) is 3.57. The summed E-state index contributed by atoms with van der Waals surface area (Å²) in [7, 11) is 1.61. The maximum atomic E-state index is 12.5. The zero-order valence-electron chi connectivity index (χ0n) is 17.6. The van der Waals surface area contributed by atoms with Gasteiger partial charge in [0.1, 0.15) is 17.2 Å². The molecule has 32 heavy (non-hydrogen) atoms. The van der Waals surface area contributed by atoms with Crippen LogP contribution in [0, 0.1) is 0 Å². The van der Waals surface area contributed by atoms with Gasteiger partial charge in [0.15, 0.2) is 0 Å². The molecule has 0 radical (unpaired) electrons. The molecule has 0 aliphatic carbocycles. The van der Waals surface area contributed by atoms with Crippen LogP contribution in [0.5, 0.6) is 17.2 Å². The highest BCUT2D eigenvalue weighted by atomic mass is 32.1. The largest absolute Gasteiger partial charge is 0.497 e. The van der Waals surface area contributed by atoms with Gasteiger partial charge in [-0.3, -0.25) is 4.79 Å². The molecular formula is C27H23NO3S. The molecule has 1 unspecified atom stereocenters. The minimum Gasteiger partial charge on any atom is -0.497 e. The minimum absolute atomic E-state index is 0.112. The van der Waals surface area contributed by atoms with Crippen LogP contribution >= 0.6 is 12.6 Å². The molecule has 160 valence electrons. The number of ether oxygens (including phenoxy) is 2. The van der Waals surface area contributed by atoms with Crippen molar-refractivity contribution in [3.05, 3.63) is 120 Å². The Balaban J connectivity index is 1.39. The fourth-order valence-electron chi connectivity index (χ4n) is 3.23. The van der Waals surface area contributed by atoms with Crippen LogP contribution in [0.3, 0.4) is 0 Å². The summed E-state index contributed by atoms with van der Waals surface area (Å²) in [5, 5.41) is 2.78. The molecule has 4 aromatic carbocycles. The molecule has 0 saturated heterocycles. The average Bonchev–Trinajstić information content (AvgIpc) is 2.85. The first-order chi connectivity index (χ1) is 15.6. The van der Waals surface area contributed by atoms with E-state index in [4.69, 9.17) is 22.1 Å². The Morgan fingerprint density at radius 3 is 1.84 bits per heavy atom. The molecule has 0 fully saturated rings. The Hall–Kier alpha value is -3.70. The van der Waals surface area contributed by atoms with Crippen molar-refractivity contribution in [2.75, 3.05) is 12.4 Å². The normalized spacial score (nSPS) is 11.4. The van der Waals surface area contributed by atoms with Crippen LogP contribution in [-0.4, -0.2) is 13.0 Å². The van der Waals surface area contributed by atoms with Gasteiger partial charge in [-0.25, -0.2) is 0 Å². The highest BCUT2D eigenvalue weighted by molar-refractivity contribution is 7.80. The standard InChI is InChI=1S/C27H23NO3S/c1-30-23-17-13-22(14-18-23)28-27(29)21-9-7-19(8-10-21)26(32)20-11-15-25(16-12-20)31-24-5-3-2-4-6-24/h2-18,26,32H,1H3,(H,28,29). The summed E-state index contributed by atoms with van der Waals surface area (Å²) >= 11 is 4.77. The molecule has 0 aliphatic rings. The number of nitrogens with one attached hydrogen (secondary N) is 1. The molecule has 4 aromatic rings. The average molecular weight is 442 g/mol. The summed E-state index contributed by atoms with van der Waals surface area (Å²) in [6.45, 7) is 0. The van der Waals surface area contributed by atoms with Crippen LogP contribution in [0.2, 0.25) is 0 Å². The molecule has 0 aliphatic heterocycles. The number of benzene rings is 4. The highest BCUT2D eigenvalue weighted by Gasteiger charge is 2.12. The fraction of sp³-hybridized carbons (Fsp3) is 0.0741. The van der Waals surface area contributed by atoms with Crippen LogP contribution in [-0.2, 0) is 0 Å². The van der Waals surface area contributed by atoms with E-state index in [0.29, 0.717) is 11.3 Å². The van der Waals surface area contributed by atoms with Gasteiger partial charge in [-0.15, -0.1) is 0 Å². The number of amides is 1. The predicted molar refractivity (Wildman–Crippen MR) is 131 cm³/mol. The molecule has 1 atom stereocenters. The van der Waals surface area contributed by atoms with Crippen molar-refractivity contribution >= 4 is 24.2 Å². The first kappa shape index (κ1) is 21.5. The molecule has 1 N–H and O–H groups in total. The Morgan fingerprint density at radius 1 is 0.719 bits per heavy atom. The number of para-hydroxylation sites is 1. The van der Waals surface area contributed by atoms with Crippen LogP contribution in [0.1, 0.15) is 26.7 Å². The van der Waals surface area contributed by atoms with Gasteiger partial charge in [0.05, 0.1) is 12.4 Å². The van der Waals surface area contributed by atoms with E-state index < -0.39 is 0 Å². The Bertz CT molecular complexity index is 1160. The van der Waals surface area contributed by atoms with E-state index in [0.717, 1.165) is 28.4 Å². The lowest BCUT2D eigenvalue weighted by Crippen LogP contribution is -2.11. The lowest BCUT2D eigenvalue weighted by Gasteiger charge is -2.14. The monoisotopic (exact) mass is 441 g/mol. The molecule has 0 aromatic heterocycles. The highest BCUT2D eigenvalue weighted by Crippen LogP contribution is 2.31. The van der Waals surface area contributed by atoms with E-state index in [1.807, 2.05) is 78.9 Å². The van der Waals surface area contributed by atoms with Crippen molar-refractivity contribution in [3.63, 3.8) is 0 Å². The molecule has 0 bridgehead atoms. The van der Waals surface area contributed by atoms with Crippen molar-refractivity contribution in [1.82, 2.24) is 0 Å². The number of hydrogen-bond donors (Lipinski definition) is 2. The third kappa shape index (κ3) is 5.31. The Kier molecular flexibility index (Phi) is 6.78. The maximum Gasteiger partial charge on any atom is 0.255 e. The molecule has 5 heteroatoms. The summed E-state index contributed by atoms with van der Waals surface area (Å²) in [5.41, 5.74) is 3.34. The quantitative estimate of drug-likeness (QED) is 0.312. The number of carbonyl (C=O) groups excluding carboxylic acids is 1. The number of carbonyl (C=O) groups is 1. The first-order valence-corrected chi connectivity index (χ1v) is 10.7. The summed E-state index contributed by atoms with van der Waals surface area (Å²) < 4.78 is 11.0. The van der Waals surface area contributed by atoms with E-state index in [1.54, 1.807) is 31.4 Å². The van der Waals surface area contributed by atoms with Crippen molar-refractivity contribution in [2.45, 2.75) is 5.25 Å². The molecule has 0 spiro atoms. The van der Waals surface area contributed by atoms with Gasteiger partial charge in [0, 0.05) is 11.3 Å². The molecule has 1 amide bonds. The molecule has 0 saturated carbocycles. The van der Waals surface area contributed by atoms with E-state index in [9.17, 15) is 4.79 Å². The summed E-state index contributed by atoms with van der Waals surface area (Å²) in [5.74, 6) is 2.14. The number of rotatable bonds is 7. The summed E-state index contributed by atoms with van der Waals surface area (Å²) in [4.78, 5) is 12.5. The lowest BCUT2D eigenvalue weighted by atomic mass is 10.0. The number of thiol groups is 1. The second-order valence-electron chi connectivity index (χ2n) is 7.19. The van der Waals surface area contributed by atoms with Crippen molar-refractivity contribution < 1.29 is 14.3 Å². The van der Waals surface area contributed by atoms with Gasteiger partial charge in [0.25, 0.3) is 5.91 Å². The van der Waals surface area contributed by atoms with Gasteiger partial charge in [-0.05, 0) is 71.8 Å². The summed E-state index contributed by atoms with van der Waals surface area (Å²) in [6.07, 6.45) is 0. The third-order valence-electron chi connectivity index (χ3n) is 5.01. The third-order valence-corrected chi connectivity index (χ3v) is 5.61. The molecule has 0 heterocycles. The van der Waals surface area contributed by atoms with E-state index in [1.165, 1.54) is 0 Å². The van der Waals surface area contributed by atoms with Crippen molar-refractivity contribution in [3.8, 4) is 17.2 Å². The lowest BCUT2D eigenvalue weighted by molar-refractivity contribution is 0.102. The zero-order chi connectivity index (χ0) is 22.3. The second-order valence-corrected chi connectivity index (χ2v) is 7.71. The number of hydrogen-bond acceptors (Lipinski definition) is 4. The predicted octanol–water partition coefficient (Wildman–Crippen LogP) is 6.76. The van der Waals surface area contributed by atoms with Gasteiger partial charge < -0.3 is 14.8 Å². The smallest absolute Gasteiger partial charge is 0.255 e. The first-order valence-electron chi connectivity index (χ1n) is 10.2. The van der Waals surface area contributed by atoms with Crippen LogP contribution < -0.4 is 14.8 Å². The van der Waals surface area contributed by atoms with E-state index in [-0.39, 0.29) is 11.2 Å².